The second kappa shape index (κ2) is 6.82. The molecule has 0 bridgehead atoms. The van der Waals surface area contributed by atoms with Crippen molar-refractivity contribution in [1.82, 2.24) is 0 Å². The summed E-state index contributed by atoms with van der Waals surface area (Å²) in [6.45, 7) is 1.78. The van der Waals surface area contributed by atoms with Gasteiger partial charge in [0.1, 0.15) is 6.10 Å². The van der Waals surface area contributed by atoms with Crippen molar-refractivity contribution in [3.8, 4) is 0 Å². The maximum atomic E-state index is 10.1. The zero-order valence-electron chi connectivity index (χ0n) is 11.2. The van der Waals surface area contributed by atoms with E-state index in [9.17, 15) is 5.11 Å². The molecule has 0 aromatic rings. The largest absolute Gasteiger partial charge is 0.390 e. The molecule has 1 N–H and O–H groups in total. The van der Waals surface area contributed by atoms with Crippen LogP contribution in [0.3, 0.4) is 0 Å². The molecule has 18 heavy (non-hydrogen) atoms. The molecule has 5 atom stereocenters. The molecule has 1 saturated carbocycles. The van der Waals surface area contributed by atoms with Gasteiger partial charge in [0.25, 0.3) is 0 Å². The number of rotatable bonds is 7. The second-order valence-corrected chi connectivity index (χ2v) is 5.18. The maximum Gasteiger partial charge on any atom is 0.104 e. The molecule has 0 aromatic heterocycles. The lowest BCUT2D eigenvalue weighted by Gasteiger charge is -2.36. The number of methoxy groups -OCH3 is 2. The molecular weight excluding hydrogens is 236 g/mol. The second-order valence-electron chi connectivity index (χ2n) is 5.18. The van der Waals surface area contributed by atoms with E-state index in [0.29, 0.717) is 13.2 Å². The Bertz CT molecular complexity index is 244. The minimum Gasteiger partial charge on any atom is -0.390 e. The fraction of sp³-hybridized carbons (Fsp3) is 1.00. The molecule has 2 fully saturated rings. The number of hydrogen-bond acceptors (Lipinski definition) is 5. The van der Waals surface area contributed by atoms with Gasteiger partial charge in [-0.25, -0.2) is 0 Å². The van der Waals surface area contributed by atoms with E-state index < -0.39 is 6.10 Å². The van der Waals surface area contributed by atoms with Crippen LogP contribution in [-0.4, -0.2) is 63.6 Å². The van der Waals surface area contributed by atoms with Crippen LogP contribution in [0.1, 0.15) is 19.3 Å². The Kier molecular flexibility index (Phi) is 5.38. The Morgan fingerprint density at radius 2 is 1.94 bits per heavy atom. The minimum atomic E-state index is -0.417. The van der Waals surface area contributed by atoms with Gasteiger partial charge in [0.05, 0.1) is 38.1 Å². The number of aliphatic hydroxyl groups is 1. The van der Waals surface area contributed by atoms with Gasteiger partial charge in [-0.2, -0.15) is 0 Å². The summed E-state index contributed by atoms with van der Waals surface area (Å²) in [4.78, 5) is 0. The summed E-state index contributed by atoms with van der Waals surface area (Å²) < 4.78 is 21.3. The van der Waals surface area contributed by atoms with E-state index in [-0.39, 0.29) is 24.2 Å². The van der Waals surface area contributed by atoms with Gasteiger partial charge < -0.3 is 24.1 Å². The summed E-state index contributed by atoms with van der Waals surface area (Å²) >= 11 is 0. The number of epoxide rings is 1. The van der Waals surface area contributed by atoms with Crippen molar-refractivity contribution in [2.75, 3.05) is 34.0 Å². The van der Waals surface area contributed by atoms with Gasteiger partial charge in [-0.15, -0.1) is 0 Å². The van der Waals surface area contributed by atoms with Gasteiger partial charge in [-0.05, 0) is 25.2 Å². The first-order valence-corrected chi connectivity index (χ1v) is 6.67. The molecule has 0 amide bonds. The first-order valence-electron chi connectivity index (χ1n) is 6.67. The Morgan fingerprint density at radius 1 is 1.22 bits per heavy atom. The van der Waals surface area contributed by atoms with Gasteiger partial charge in [0, 0.05) is 14.2 Å². The van der Waals surface area contributed by atoms with Gasteiger partial charge in [0.2, 0.25) is 0 Å². The number of hydrogen-bond donors (Lipinski definition) is 1. The number of aliphatic hydroxyl groups excluding tert-OH is 1. The fourth-order valence-corrected chi connectivity index (χ4v) is 2.62. The highest BCUT2D eigenvalue weighted by Crippen LogP contribution is 2.30. The lowest BCUT2D eigenvalue weighted by atomic mass is 9.82. The van der Waals surface area contributed by atoms with Crippen LogP contribution in [-0.2, 0) is 18.9 Å². The lowest BCUT2D eigenvalue weighted by Crippen LogP contribution is -2.41. The summed E-state index contributed by atoms with van der Waals surface area (Å²) in [6, 6.07) is 0. The molecule has 1 aliphatic heterocycles. The molecule has 5 heteroatoms. The minimum absolute atomic E-state index is 0.0789. The molecule has 2 aliphatic rings. The zero-order valence-corrected chi connectivity index (χ0v) is 11.2. The third kappa shape index (κ3) is 3.90. The highest BCUT2D eigenvalue weighted by molar-refractivity contribution is 4.84. The van der Waals surface area contributed by atoms with E-state index in [2.05, 4.69) is 0 Å². The van der Waals surface area contributed by atoms with Gasteiger partial charge in [-0.1, -0.05) is 0 Å². The first-order chi connectivity index (χ1) is 8.74. The van der Waals surface area contributed by atoms with Gasteiger partial charge in [0.15, 0.2) is 0 Å². The van der Waals surface area contributed by atoms with Crippen LogP contribution in [0.2, 0.25) is 0 Å². The van der Waals surface area contributed by atoms with Crippen LogP contribution in [0.4, 0.5) is 0 Å². The van der Waals surface area contributed by atoms with E-state index >= 15 is 0 Å². The molecule has 106 valence electrons. The van der Waals surface area contributed by atoms with Crippen LogP contribution in [0, 0.1) is 5.92 Å². The first kappa shape index (κ1) is 14.2. The summed E-state index contributed by atoms with van der Waals surface area (Å²) in [5.74, 6) is 0.237. The van der Waals surface area contributed by atoms with Crippen molar-refractivity contribution in [2.45, 2.75) is 43.7 Å². The lowest BCUT2D eigenvalue weighted by molar-refractivity contribution is -0.0949. The summed E-state index contributed by atoms with van der Waals surface area (Å²) in [7, 11) is 3.42. The monoisotopic (exact) mass is 260 g/mol. The van der Waals surface area contributed by atoms with Gasteiger partial charge >= 0.3 is 0 Å². The van der Waals surface area contributed by atoms with Crippen LogP contribution >= 0.6 is 0 Å². The summed E-state index contributed by atoms with van der Waals surface area (Å²) in [6.07, 6.45) is 2.80. The molecule has 0 spiro atoms. The molecular formula is C13H24O5. The van der Waals surface area contributed by atoms with Crippen molar-refractivity contribution >= 4 is 0 Å². The standard InChI is InChI=1S/C13H24O5/c1-15-12-4-3-9(5-13(12)16-2)11(14)8-17-6-10-7-18-10/h9-14H,3-8H2,1-2H3. The highest BCUT2D eigenvalue weighted by Gasteiger charge is 2.34. The third-order valence-corrected chi connectivity index (χ3v) is 3.92. The normalized spacial score (nSPS) is 37.5. The van der Waals surface area contributed by atoms with Crippen molar-refractivity contribution < 1.29 is 24.1 Å². The van der Waals surface area contributed by atoms with E-state index in [1.165, 1.54) is 0 Å². The van der Waals surface area contributed by atoms with E-state index in [1.54, 1.807) is 14.2 Å². The molecule has 1 heterocycles. The molecule has 2 rings (SSSR count). The highest BCUT2D eigenvalue weighted by atomic mass is 16.6. The van der Waals surface area contributed by atoms with Crippen LogP contribution < -0.4 is 0 Å². The number of ether oxygens (including phenoxy) is 4. The summed E-state index contributed by atoms with van der Waals surface area (Å²) in [5.41, 5.74) is 0. The fourth-order valence-electron chi connectivity index (χ4n) is 2.62. The van der Waals surface area contributed by atoms with Gasteiger partial charge in [-0.3, -0.25) is 0 Å². The van der Waals surface area contributed by atoms with Crippen molar-refractivity contribution in [1.29, 1.82) is 0 Å². The molecule has 5 nitrogen and oxygen atoms in total. The van der Waals surface area contributed by atoms with Crippen molar-refractivity contribution in [3.05, 3.63) is 0 Å². The van der Waals surface area contributed by atoms with Crippen molar-refractivity contribution in [2.24, 2.45) is 5.92 Å². The molecule has 0 radical (unpaired) electrons. The van der Waals surface area contributed by atoms with Crippen LogP contribution in [0.15, 0.2) is 0 Å². The molecule has 1 aliphatic carbocycles. The predicted molar refractivity (Wildman–Crippen MR) is 65.5 cm³/mol. The van der Waals surface area contributed by atoms with E-state index in [1.807, 2.05) is 0 Å². The molecule has 5 unspecified atom stereocenters. The molecule has 1 saturated heterocycles. The maximum absolute atomic E-state index is 10.1. The Hall–Kier alpha value is -0.200. The van der Waals surface area contributed by atoms with Crippen LogP contribution in [0.5, 0.6) is 0 Å². The molecule has 0 aromatic carbocycles. The topological polar surface area (TPSA) is 60.5 Å². The average molecular weight is 260 g/mol. The Morgan fingerprint density at radius 3 is 2.56 bits per heavy atom. The van der Waals surface area contributed by atoms with Crippen LogP contribution in [0.25, 0.3) is 0 Å². The zero-order chi connectivity index (χ0) is 13.0. The third-order valence-electron chi connectivity index (χ3n) is 3.92. The van der Waals surface area contributed by atoms with E-state index in [0.717, 1.165) is 25.9 Å². The Balaban J connectivity index is 1.70. The quantitative estimate of drug-likeness (QED) is 0.679. The van der Waals surface area contributed by atoms with Crippen molar-refractivity contribution in [3.63, 3.8) is 0 Å². The SMILES string of the molecule is COC1CCC(C(O)COCC2CO2)CC1OC. The predicted octanol–water partition coefficient (Wildman–Crippen LogP) is 0.593. The van der Waals surface area contributed by atoms with E-state index in [4.69, 9.17) is 18.9 Å². The Labute approximate surface area is 108 Å². The smallest absolute Gasteiger partial charge is 0.104 e. The average Bonchev–Trinajstić information content (AvgIpc) is 3.21. The summed E-state index contributed by atoms with van der Waals surface area (Å²) in [5, 5.41) is 10.1.